The van der Waals surface area contributed by atoms with Gasteiger partial charge in [-0.25, -0.2) is 4.39 Å². The summed E-state index contributed by atoms with van der Waals surface area (Å²) in [6.45, 7) is 5.04. The lowest BCUT2D eigenvalue weighted by Crippen LogP contribution is -2.46. The summed E-state index contributed by atoms with van der Waals surface area (Å²) in [5, 5.41) is 2.93. The maximum Gasteiger partial charge on any atom is 0.237 e. The van der Waals surface area contributed by atoms with Crippen LogP contribution in [0.3, 0.4) is 0 Å². The zero-order chi connectivity index (χ0) is 20.5. The molecule has 2 aromatic carbocycles. The number of hydrogen-bond donors (Lipinski definition) is 1. The molecule has 0 aliphatic carbocycles. The Morgan fingerprint density at radius 2 is 1.72 bits per heavy atom. The van der Waals surface area contributed by atoms with Crippen LogP contribution in [0.2, 0.25) is 0 Å². The maximum atomic E-state index is 13.1. The van der Waals surface area contributed by atoms with Crippen molar-refractivity contribution in [2.75, 3.05) is 49.7 Å². The number of carbonyl (C=O) groups excluding carboxylic acids is 1. The Labute approximate surface area is 203 Å². The average Bonchev–Trinajstić information content (AvgIpc) is 3.21. The van der Waals surface area contributed by atoms with Gasteiger partial charge in [0.05, 0.1) is 10.9 Å². The van der Waals surface area contributed by atoms with Crippen LogP contribution >= 0.6 is 36.6 Å². The fraction of sp³-hybridized carbons (Fsp3) is 0.409. The Bertz CT molecular complexity index is 943. The Hall–Kier alpha value is -1.87. The number of piperazine rings is 1. The van der Waals surface area contributed by atoms with Gasteiger partial charge in [0.2, 0.25) is 12.7 Å². The molecule has 1 fully saturated rings. The first kappa shape index (κ1) is 24.8. The molecule has 0 spiro atoms. The second kappa shape index (κ2) is 10.8. The van der Waals surface area contributed by atoms with E-state index in [-0.39, 0.29) is 48.6 Å². The summed E-state index contributed by atoms with van der Waals surface area (Å²) in [6, 6.07) is 10.5. The molecule has 3 heterocycles. The zero-order valence-electron chi connectivity index (χ0n) is 17.4. The van der Waals surface area contributed by atoms with E-state index in [0.717, 1.165) is 67.6 Å². The third-order valence-corrected chi connectivity index (χ3v) is 7.13. The van der Waals surface area contributed by atoms with Crippen molar-refractivity contribution in [1.82, 2.24) is 4.90 Å². The van der Waals surface area contributed by atoms with Gasteiger partial charge in [-0.3, -0.25) is 9.69 Å². The number of nitrogens with zero attached hydrogens (tertiary/aromatic N) is 2. The van der Waals surface area contributed by atoms with Crippen molar-refractivity contribution >= 4 is 53.9 Å². The lowest BCUT2D eigenvalue weighted by Gasteiger charge is -2.36. The first-order chi connectivity index (χ1) is 14.7. The Balaban J connectivity index is 0.00000144. The van der Waals surface area contributed by atoms with Crippen molar-refractivity contribution in [1.29, 1.82) is 0 Å². The van der Waals surface area contributed by atoms with E-state index in [0.29, 0.717) is 5.75 Å². The van der Waals surface area contributed by atoms with E-state index in [9.17, 15) is 9.18 Å². The van der Waals surface area contributed by atoms with E-state index < -0.39 is 0 Å². The number of anilines is 2. The van der Waals surface area contributed by atoms with Gasteiger partial charge in [0, 0.05) is 42.8 Å². The molecule has 1 atom stereocenters. The van der Waals surface area contributed by atoms with Gasteiger partial charge in [0.15, 0.2) is 11.5 Å². The molecule has 6 nitrogen and oxygen atoms in total. The number of rotatable bonds is 5. The summed E-state index contributed by atoms with van der Waals surface area (Å²) >= 11 is 1.61. The Morgan fingerprint density at radius 1 is 1.03 bits per heavy atom. The highest BCUT2D eigenvalue weighted by atomic mass is 35.5. The molecule has 10 heteroatoms. The largest absolute Gasteiger partial charge is 0.454 e. The van der Waals surface area contributed by atoms with Crippen LogP contribution in [0.25, 0.3) is 0 Å². The summed E-state index contributed by atoms with van der Waals surface area (Å²) in [4.78, 5) is 18.3. The van der Waals surface area contributed by atoms with Crippen LogP contribution in [0.5, 0.6) is 11.5 Å². The normalized spacial score (nSPS) is 19.5. The van der Waals surface area contributed by atoms with Crippen LogP contribution in [0, 0.1) is 5.82 Å². The second-order valence-electron chi connectivity index (χ2n) is 7.74. The first-order valence-electron chi connectivity index (χ1n) is 10.3. The van der Waals surface area contributed by atoms with Crippen molar-refractivity contribution < 1.29 is 18.7 Å². The number of thioether (sulfide) groups is 1. The minimum absolute atomic E-state index is 0. The van der Waals surface area contributed by atoms with Crippen LogP contribution in [0.15, 0.2) is 41.3 Å². The molecule has 0 saturated carbocycles. The van der Waals surface area contributed by atoms with Gasteiger partial charge in [-0.05, 0) is 49.7 Å². The number of nitrogens with one attached hydrogen (secondary N) is 1. The van der Waals surface area contributed by atoms with Gasteiger partial charge in [-0.2, -0.15) is 0 Å². The van der Waals surface area contributed by atoms with Gasteiger partial charge < -0.3 is 19.7 Å². The fourth-order valence-corrected chi connectivity index (χ4v) is 5.28. The zero-order valence-corrected chi connectivity index (χ0v) is 19.9. The van der Waals surface area contributed by atoms with Crippen LogP contribution in [0.4, 0.5) is 15.8 Å². The summed E-state index contributed by atoms with van der Waals surface area (Å²) in [5.74, 6) is 1.30. The smallest absolute Gasteiger partial charge is 0.237 e. The molecular weight excluding hydrogens is 476 g/mol. The fourth-order valence-electron chi connectivity index (χ4n) is 4.11. The molecule has 1 amide bonds. The van der Waals surface area contributed by atoms with Crippen molar-refractivity contribution in [2.24, 2.45) is 0 Å². The van der Waals surface area contributed by atoms with Gasteiger partial charge >= 0.3 is 0 Å². The summed E-state index contributed by atoms with van der Waals surface area (Å²) < 4.78 is 24.0. The first-order valence-corrected chi connectivity index (χ1v) is 11.2. The molecule has 1 unspecified atom stereocenters. The molecule has 2 aromatic rings. The number of fused-ring (bicyclic) bond motifs is 2. The average molecular weight is 502 g/mol. The van der Waals surface area contributed by atoms with Gasteiger partial charge in [-0.15, -0.1) is 36.6 Å². The molecule has 0 bridgehead atoms. The highest BCUT2D eigenvalue weighted by molar-refractivity contribution is 8.01. The predicted octanol–water partition coefficient (Wildman–Crippen LogP) is 4.41. The highest BCUT2D eigenvalue weighted by Crippen LogP contribution is 2.45. The molecule has 0 aromatic heterocycles. The third-order valence-electron chi connectivity index (χ3n) is 5.80. The van der Waals surface area contributed by atoms with E-state index in [1.807, 2.05) is 24.3 Å². The summed E-state index contributed by atoms with van der Waals surface area (Å²) in [6.07, 6.45) is 1.81. The molecule has 1 N–H and O–H groups in total. The Morgan fingerprint density at radius 3 is 2.44 bits per heavy atom. The number of halogens is 3. The third kappa shape index (κ3) is 5.36. The number of ether oxygens (including phenoxy) is 2. The molecule has 3 aliphatic rings. The minimum Gasteiger partial charge on any atom is -0.454 e. The van der Waals surface area contributed by atoms with E-state index >= 15 is 0 Å². The van der Waals surface area contributed by atoms with Crippen LogP contribution in [0.1, 0.15) is 12.8 Å². The quantitative estimate of drug-likeness (QED) is 0.654. The van der Waals surface area contributed by atoms with Crippen LogP contribution in [-0.2, 0) is 4.79 Å². The molecule has 3 aliphatic heterocycles. The van der Waals surface area contributed by atoms with E-state index in [4.69, 9.17) is 9.47 Å². The molecular formula is C22H26Cl2FN3O3S. The second-order valence-corrected chi connectivity index (χ2v) is 8.99. The van der Waals surface area contributed by atoms with E-state index in [1.165, 1.54) is 12.1 Å². The van der Waals surface area contributed by atoms with Gasteiger partial charge in [-0.1, -0.05) is 0 Å². The maximum absolute atomic E-state index is 13.1. The number of carbonyl (C=O) groups is 1. The number of hydrogen-bond acceptors (Lipinski definition) is 6. The SMILES string of the molecule is Cl.Cl.O=C1Nc2cc3c(cc2SC1CCCN1CCN(c2ccc(F)cc2)CC1)OCO3. The molecule has 174 valence electrons. The topological polar surface area (TPSA) is 54.0 Å². The minimum atomic E-state index is -0.199. The number of benzene rings is 2. The molecule has 5 rings (SSSR count). The van der Waals surface area contributed by atoms with Crippen molar-refractivity contribution in [2.45, 2.75) is 23.0 Å². The standard InChI is InChI=1S/C22H24FN3O3S.2ClH/c23-15-3-5-16(6-4-15)26-10-8-25(9-11-26)7-1-2-20-22(27)24-17-12-18-19(29-14-28-18)13-21(17)30-20;;/h3-6,12-13,20H,1-2,7-11,14H2,(H,24,27);2*1H. The van der Waals surface area contributed by atoms with Gasteiger partial charge in [0.25, 0.3) is 0 Å². The van der Waals surface area contributed by atoms with Gasteiger partial charge in [0.1, 0.15) is 5.82 Å². The number of amides is 1. The molecule has 32 heavy (non-hydrogen) atoms. The predicted molar refractivity (Wildman–Crippen MR) is 130 cm³/mol. The molecule has 0 radical (unpaired) electrons. The van der Waals surface area contributed by atoms with E-state index in [2.05, 4.69) is 15.1 Å². The van der Waals surface area contributed by atoms with Crippen molar-refractivity contribution in [3.63, 3.8) is 0 Å². The van der Waals surface area contributed by atoms with Crippen molar-refractivity contribution in [3.8, 4) is 11.5 Å². The van der Waals surface area contributed by atoms with E-state index in [1.54, 1.807) is 11.8 Å². The van der Waals surface area contributed by atoms with Crippen LogP contribution in [-0.4, -0.2) is 55.6 Å². The van der Waals surface area contributed by atoms with Crippen molar-refractivity contribution in [3.05, 3.63) is 42.2 Å². The summed E-state index contributed by atoms with van der Waals surface area (Å²) in [7, 11) is 0. The lowest BCUT2D eigenvalue weighted by atomic mass is 10.1. The molecule has 1 saturated heterocycles. The summed E-state index contributed by atoms with van der Waals surface area (Å²) in [5.41, 5.74) is 1.88. The lowest BCUT2D eigenvalue weighted by molar-refractivity contribution is -0.115. The highest BCUT2D eigenvalue weighted by Gasteiger charge is 2.29. The van der Waals surface area contributed by atoms with Crippen LogP contribution < -0.4 is 19.7 Å². The Kier molecular flexibility index (Phi) is 8.38. The monoisotopic (exact) mass is 501 g/mol.